The predicted molar refractivity (Wildman–Crippen MR) is 263 cm³/mol. The molecule has 16 heteroatoms. The van der Waals surface area contributed by atoms with Gasteiger partial charge in [-0.1, -0.05) is 95.7 Å². The van der Waals surface area contributed by atoms with Crippen molar-refractivity contribution >= 4 is 40.8 Å². The van der Waals surface area contributed by atoms with E-state index in [-0.39, 0.29) is 60.1 Å². The molecule has 2 aromatic carbocycles. The number of aromatic hydroxyl groups is 1. The third-order valence-electron chi connectivity index (χ3n) is 14.1. The molecule has 4 fully saturated rings. The van der Waals surface area contributed by atoms with E-state index in [4.69, 9.17) is 10.5 Å². The third kappa shape index (κ3) is 12.9. The summed E-state index contributed by atoms with van der Waals surface area (Å²) in [6.07, 6.45) is 11.0. The van der Waals surface area contributed by atoms with Crippen molar-refractivity contribution in [3.8, 4) is 33.2 Å². The molecule has 3 heterocycles. The van der Waals surface area contributed by atoms with Gasteiger partial charge in [-0.05, 0) is 85.0 Å². The zero-order valence-corrected chi connectivity index (χ0v) is 40.9. The Morgan fingerprint density at radius 2 is 1.59 bits per heavy atom. The number of nitrogen functional groups attached to an aromatic ring is 1. The second kappa shape index (κ2) is 22.7. The van der Waals surface area contributed by atoms with Gasteiger partial charge in [0.1, 0.15) is 23.5 Å². The van der Waals surface area contributed by atoms with Gasteiger partial charge >= 0.3 is 0 Å². The average molecular weight is 951 g/mol. The number of nitrogens with one attached hydrogen (secondary N) is 3. The Bertz CT molecular complexity index is 2360. The summed E-state index contributed by atoms with van der Waals surface area (Å²) in [6.45, 7) is 9.20. The monoisotopic (exact) mass is 951 g/mol. The number of ether oxygens (including phenoxy) is 1. The van der Waals surface area contributed by atoms with E-state index in [0.717, 1.165) is 85.9 Å². The number of carbonyl (C=O) groups excluding carboxylic acids is 4. The van der Waals surface area contributed by atoms with Crippen LogP contribution in [0.1, 0.15) is 122 Å². The van der Waals surface area contributed by atoms with Crippen LogP contribution in [-0.2, 0) is 25.7 Å². The van der Waals surface area contributed by atoms with Crippen molar-refractivity contribution in [1.29, 1.82) is 0 Å². The molecule has 1 unspecified atom stereocenters. The van der Waals surface area contributed by atoms with Crippen LogP contribution in [0.15, 0.2) is 60.1 Å². The summed E-state index contributed by atoms with van der Waals surface area (Å²) in [5.41, 5.74) is 11.4. The fourth-order valence-electron chi connectivity index (χ4n) is 10.2. The highest BCUT2D eigenvalue weighted by molar-refractivity contribution is 7.13. The van der Waals surface area contributed by atoms with Crippen molar-refractivity contribution in [1.82, 2.24) is 36.0 Å². The molecular formula is C52H70N8O7S. The van der Waals surface area contributed by atoms with Crippen LogP contribution >= 0.6 is 11.3 Å². The Hall–Kier alpha value is -5.61. The van der Waals surface area contributed by atoms with Crippen LogP contribution in [0.4, 0.5) is 5.82 Å². The van der Waals surface area contributed by atoms with Crippen LogP contribution in [0.3, 0.4) is 0 Å². The van der Waals surface area contributed by atoms with E-state index in [1.807, 2.05) is 63.5 Å². The molecule has 68 heavy (non-hydrogen) atoms. The molecule has 4 aliphatic rings. The lowest BCUT2D eigenvalue weighted by atomic mass is 9.69. The number of nitrogens with two attached hydrogens (primary N) is 1. The highest BCUT2D eigenvalue weighted by Gasteiger charge is 2.56. The molecule has 4 aromatic rings. The van der Waals surface area contributed by atoms with Gasteiger partial charge in [0, 0.05) is 50.5 Å². The second-order valence-electron chi connectivity index (χ2n) is 20.5. The van der Waals surface area contributed by atoms with E-state index in [0.29, 0.717) is 61.3 Å². The van der Waals surface area contributed by atoms with Gasteiger partial charge in [-0.3, -0.25) is 19.2 Å². The number of hydrogen-bond acceptors (Lipinski definition) is 12. The topological polar surface area (TPSA) is 222 Å². The van der Waals surface area contributed by atoms with Gasteiger partial charge in [0.25, 0.3) is 0 Å². The van der Waals surface area contributed by atoms with Crippen LogP contribution in [-0.4, -0.2) is 91.8 Å². The maximum atomic E-state index is 14.0. The smallest absolute Gasteiger partial charge is 0.246 e. The van der Waals surface area contributed by atoms with Crippen molar-refractivity contribution in [2.75, 3.05) is 25.4 Å². The first-order chi connectivity index (χ1) is 32.6. The summed E-state index contributed by atoms with van der Waals surface area (Å²) in [5.74, 6) is 0.974. The number of rotatable bonds is 23. The molecule has 15 nitrogen and oxygen atoms in total. The Morgan fingerprint density at radius 3 is 2.25 bits per heavy atom. The first-order valence-electron chi connectivity index (χ1n) is 24.5. The quantitative estimate of drug-likeness (QED) is 0.0400. The summed E-state index contributed by atoms with van der Waals surface area (Å²) in [6, 6.07) is 14.9. The number of amides is 4. The Labute approximate surface area is 404 Å². The SMILES string of the molecule is Cc1ncsc1-c1ccc(CNC(=O)[C@@H]2C[C@@H](O)CN2C(=O)[C@@H](NC(=O)CCCCCCCCCCC(=O)NCC23CC(COc4cc(-c5ccccc5O)nnc4N)C(C2)C3)C(C)(C)C)cc1. The maximum Gasteiger partial charge on any atom is 0.246 e. The number of aliphatic hydroxyl groups excluding tert-OH is 1. The number of hydrogen-bond donors (Lipinski definition) is 6. The van der Waals surface area contributed by atoms with Crippen molar-refractivity contribution in [3.63, 3.8) is 0 Å². The molecule has 7 N–H and O–H groups in total. The Kier molecular flexibility index (Phi) is 16.8. The van der Waals surface area contributed by atoms with Gasteiger partial charge in [0.15, 0.2) is 11.6 Å². The largest absolute Gasteiger partial charge is 0.507 e. The fraction of sp³-hybridized carbons (Fsp3) is 0.558. The minimum Gasteiger partial charge on any atom is -0.507 e. The predicted octanol–water partition coefficient (Wildman–Crippen LogP) is 7.48. The van der Waals surface area contributed by atoms with E-state index >= 15 is 0 Å². The zero-order valence-electron chi connectivity index (χ0n) is 40.1. The molecule has 2 aromatic heterocycles. The lowest BCUT2D eigenvalue weighted by Crippen LogP contribution is -2.57. The minimum absolute atomic E-state index is 0.0324. The highest BCUT2D eigenvalue weighted by Crippen LogP contribution is 2.61. The number of aliphatic hydroxyl groups is 1. The van der Waals surface area contributed by atoms with Crippen molar-refractivity contribution in [2.24, 2.45) is 22.7 Å². The van der Waals surface area contributed by atoms with Gasteiger partial charge in [-0.25, -0.2) is 4.98 Å². The van der Waals surface area contributed by atoms with Gasteiger partial charge in [0.05, 0.1) is 28.8 Å². The maximum absolute atomic E-state index is 14.0. The normalized spacial score (nSPS) is 21.2. The van der Waals surface area contributed by atoms with Crippen LogP contribution in [0, 0.1) is 29.6 Å². The van der Waals surface area contributed by atoms with Gasteiger partial charge in [-0.2, -0.15) is 0 Å². The number of aryl methyl sites for hydroxylation is 1. The molecule has 1 saturated heterocycles. The number of para-hydroxylation sites is 1. The number of nitrogens with zero attached hydrogens (tertiary/aromatic N) is 4. The number of fused-ring (bicyclic) bond motifs is 1. The van der Waals surface area contributed by atoms with Crippen molar-refractivity contribution in [2.45, 2.75) is 142 Å². The van der Waals surface area contributed by atoms with Crippen LogP contribution in [0.2, 0.25) is 0 Å². The molecule has 366 valence electrons. The van der Waals surface area contributed by atoms with Crippen LogP contribution < -0.4 is 26.4 Å². The number of thiazole rings is 1. The molecule has 0 radical (unpaired) electrons. The number of phenolic OH excluding ortho intramolecular Hbond substituents is 1. The zero-order chi connectivity index (χ0) is 48.4. The van der Waals surface area contributed by atoms with Gasteiger partial charge < -0.3 is 41.5 Å². The first-order valence-corrected chi connectivity index (χ1v) is 25.3. The summed E-state index contributed by atoms with van der Waals surface area (Å²) >= 11 is 1.58. The number of aromatic nitrogens is 3. The fourth-order valence-corrected chi connectivity index (χ4v) is 11.0. The highest BCUT2D eigenvalue weighted by atomic mass is 32.1. The number of unbranched alkanes of at least 4 members (excludes halogenated alkanes) is 7. The summed E-state index contributed by atoms with van der Waals surface area (Å²) < 4.78 is 6.15. The van der Waals surface area contributed by atoms with E-state index in [1.165, 1.54) is 4.90 Å². The molecule has 3 aliphatic carbocycles. The standard InChI is InChI=1S/C52H70N8O7S/c1-33-46(68-32-56-33)35-21-19-34(20-22-35)28-54-49(65)41-23-38(61)29-60(41)50(66)47(51(2,3)4)57-45(64)18-12-10-8-6-5-7-9-11-17-44(63)55-31-52-25-36(26-52)37(27-52)30-67-43-24-40(58-59-48(43)53)39-15-13-14-16-42(39)62/h13-16,19-22,24,32,36-38,41,47,61-62H,5-12,17-18,23,25-31H2,1-4H3,(H2,53,59)(H,54,65)(H,55,63)(H,57,64)/t36?,37?,38-,41+,47-,52?/m1/s1. The van der Waals surface area contributed by atoms with E-state index in [2.05, 4.69) is 31.1 Å². The molecule has 4 atom stereocenters. The minimum atomic E-state index is -0.850. The van der Waals surface area contributed by atoms with Crippen molar-refractivity contribution in [3.05, 3.63) is 71.4 Å². The van der Waals surface area contributed by atoms with E-state index in [1.54, 1.807) is 35.6 Å². The summed E-state index contributed by atoms with van der Waals surface area (Å²) in [5, 5.41) is 38.1. The van der Waals surface area contributed by atoms with Gasteiger partial charge in [-0.15, -0.1) is 21.5 Å². The molecule has 4 amide bonds. The second-order valence-corrected chi connectivity index (χ2v) is 21.3. The van der Waals surface area contributed by atoms with Gasteiger partial charge in [0.2, 0.25) is 23.6 Å². The average Bonchev–Trinajstić information content (AvgIpc) is 4.09. The number of likely N-dealkylation sites (tertiary alicyclic amines) is 1. The molecule has 3 saturated carbocycles. The lowest BCUT2D eigenvalue weighted by molar-refractivity contribution is -0.144. The van der Waals surface area contributed by atoms with Crippen LogP contribution in [0.5, 0.6) is 11.5 Å². The molecule has 2 bridgehead atoms. The number of β-amino-alcohol motifs (C(OH)–C–C–N with tert-alkyl or cyclic N) is 1. The molecule has 1 aliphatic heterocycles. The molecular weight excluding hydrogens is 881 g/mol. The lowest BCUT2D eigenvalue weighted by Gasteiger charge is -2.38. The van der Waals surface area contributed by atoms with Crippen molar-refractivity contribution < 1.29 is 34.1 Å². The summed E-state index contributed by atoms with van der Waals surface area (Å²) in [7, 11) is 0. The molecule has 8 rings (SSSR count). The summed E-state index contributed by atoms with van der Waals surface area (Å²) in [4.78, 5) is 60.2. The number of carbonyl (C=O) groups is 4. The number of benzene rings is 2. The number of phenols is 1. The van der Waals surface area contributed by atoms with E-state index < -0.39 is 23.6 Å². The Balaban J connectivity index is 0.730. The third-order valence-corrected chi connectivity index (χ3v) is 15.1. The Morgan fingerprint density at radius 1 is 0.912 bits per heavy atom. The molecule has 0 spiro atoms. The number of anilines is 1. The first kappa shape index (κ1) is 50.3. The van der Waals surface area contributed by atoms with Crippen LogP contribution in [0.25, 0.3) is 21.7 Å². The van der Waals surface area contributed by atoms with E-state index in [9.17, 15) is 29.4 Å².